The van der Waals surface area contributed by atoms with Gasteiger partial charge in [-0.1, -0.05) is 20.8 Å². The molecule has 1 aromatic rings. The molecular weight excluding hydrogens is 264 g/mol. The number of carbonyl (C=O) groups is 1. The van der Waals surface area contributed by atoms with Crippen LogP contribution in [-0.4, -0.2) is 21.7 Å². The molecule has 0 bridgehead atoms. The second kappa shape index (κ2) is 5.79. The van der Waals surface area contributed by atoms with Crippen LogP contribution in [0.5, 0.6) is 0 Å². The zero-order valence-electron chi connectivity index (χ0n) is 13.8. The minimum Gasteiger partial charge on any atom is -0.352 e. The summed E-state index contributed by atoms with van der Waals surface area (Å²) in [5, 5.41) is 7.38. The number of hydrogen-bond donors (Lipinski definition) is 2. The Bertz CT molecular complexity index is 520. The number of amides is 1. The van der Waals surface area contributed by atoms with Crippen LogP contribution in [0.4, 0.5) is 0 Å². The number of hydrogen-bond acceptors (Lipinski definition) is 3. The molecule has 1 saturated carbocycles. The third-order valence-electron chi connectivity index (χ3n) is 5.39. The highest BCUT2D eigenvalue weighted by Crippen LogP contribution is 2.44. The van der Waals surface area contributed by atoms with Crippen molar-refractivity contribution in [2.45, 2.75) is 53.1 Å². The van der Waals surface area contributed by atoms with Gasteiger partial charge in [0.2, 0.25) is 5.91 Å². The predicted molar refractivity (Wildman–Crippen MR) is 83.4 cm³/mol. The van der Waals surface area contributed by atoms with Gasteiger partial charge in [-0.2, -0.15) is 5.10 Å². The summed E-state index contributed by atoms with van der Waals surface area (Å²) < 4.78 is 1.78. The molecule has 5 heteroatoms. The molecule has 118 valence electrons. The van der Waals surface area contributed by atoms with Crippen LogP contribution >= 0.6 is 0 Å². The monoisotopic (exact) mass is 292 g/mol. The molecule has 3 atom stereocenters. The Balaban J connectivity index is 2.01. The fourth-order valence-corrected chi connectivity index (χ4v) is 3.45. The van der Waals surface area contributed by atoms with Gasteiger partial charge in [-0.05, 0) is 31.1 Å². The molecule has 1 fully saturated rings. The fraction of sp³-hybridized carbons (Fsp3) is 0.750. The Morgan fingerprint density at radius 3 is 2.76 bits per heavy atom. The van der Waals surface area contributed by atoms with Crippen molar-refractivity contribution in [2.75, 3.05) is 0 Å². The van der Waals surface area contributed by atoms with Gasteiger partial charge in [0.15, 0.2) is 0 Å². The molecule has 2 rings (SSSR count). The molecule has 3 N–H and O–H groups in total. The molecule has 3 unspecified atom stereocenters. The van der Waals surface area contributed by atoms with Crippen molar-refractivity contribution < 1.29 is 4.79 Å². The summed E-state index contributed by atoms with van der Waals surface area (Å²) in [5.41, 5.74) is 8.14. The molecule has 1 heterocycles. The van der Waals surface area contributed by atoms with Gasteiger partial charge in [-0.15, -0.1) is 0 Å². The number of nitrogens with two attached hydrogens (primary N) is 1. The molecule has 21 heavy (non-hydrogen) atoms. The van der Waals surface area contributed by atoms with Gasteiger partial charge in [0.25, 0.3) is 0 Å². The largest absolute Gasteiger partial charge is 0.352 e. The molecule has 1 amide bonds. The molecule has 0 radical (unpaired) electrons. The Morgan fingerprint density at radius 2 is 2.19 bits per heavy atom. The van der Waals surface area contributed by atoms with Crippen LogP contribution in [0.2, 0.25) is 0 Å². The van der Waals surface area contributed by atoms with E-state index in [1.807, 2.05) is 20.2 Å². The SMILES string of the molecule is Cc1nn(C)cc1CNC(=O)C1CCC(N)C(C)C1(C)C. The zero-order valence-corrected chi connectivity index (χ0v) is 13.8. The van der Waals surface area contributed by atoms with Crippen molar-refractivity contribution in [3.8, 4) is 0 Å². The molecule has 0 aromatic carbocycles. The molecule has 1 aliphatic rings. The van der Waals surface area contributed by atoms with E-state index in [-0.39, 0.29) is 23.3 Å². The first-order chi connectivity index (χ1) is 9.73. The first kappa shape index (κ1) is 16.0. The molecular formula is C16H28N4O. The number of aryl methyl sites for hydroxylation is 2. The number of nitrogens with one attached hydrogen (secondary N) is 1. The van der Waals surface area contributed by atoms with Crippen LogP contribution in [0.1, 0.15) is 44.9 Å². The molecule has 5 nitrogen and oxygen atoms in total. The maximum atomic E-state index is 12.6. The van der Waals surface area contributed by atoms with Crippen LogP contribution in [0.3, 0.4) is 0 Å². The van der Waals surface area contributed by atoms with E-state index in [4.69, 9.17) is 5.73 Å². The van der Waals surface area contributed by atoms with E-state index in [9.17, 15) is 4.79 Å². The quantitative estimate of drug-likeness (QED) is 0.891. The topological polar surface area (TPSA) is 72.9 Å². The second-order valence-corrected chi connectivity index (χ2v) is 7.04. The Kier molecular flexibility index (Phi) is 4.42. The van der Waals surface area contributed by atoms with Gasteiger partial charge in [0.05, 0.1) is 5.69 Å². The maximum absolute atomic E-state index is 12.6. The molecule has 1 aliphatic carbocycles. The van der Waals surface area contributed by atoms with Crippen molar-refractivity contribution in [3.05, 3.63) is 17.5 Å². The van der Waals surface area contributed by atoms with E-state index >= 15 is 0 Å². The second-order valence-electron chi connectivity index (χ2n) is 7.04. The van der Waals surface area contributed by atoms with Gasteiger partial charge >= 0.3 is 0 Å². The van der Waals surface area contributed by atoms with Crippen molar-refractivity contribution >= 4 is 5.91 Å². The van der Waals surface area contributed by atoms with Gasteiger partial charge in [-0.3, -0.25) is 9.48 Å². The van der Waals surface area contributed by atoms with Crippen molar-refractivity contribution in [1.29, 1.82) is 0 Å². The Labute approximate surface area is 127 Å². The van der Waals surface area contributed by atoms with Gasteiger partial charge in [-0.25, -0.2) is 0 Å². The summed E-state index contributed by atoms with van der Waals surface area (Å²) in [7, 11) is 1.89. The third kappa shape index (κ3) is 3.12. The van der Waals surface area contributed by atoms with Gasteiger partial charge in [0.1, 0.15) is 0 Å². The fourth-order valence-electron chi connectivity index (χ4n) is 3.45. The smallest absolute Gasteiger partial charge is 0.223 e. The maximum Gasteiger partial charge on any atom is 0.223 e. The number of nitrogens with zero attached hydrogens (tertiary/aromatic N) is 2. The summed E-state index contributed by atoms with van der Waals surface area (Å²) in [4.78, 5) is 12.6. The highest BCUT2D eigenvalue weighted by molar-refractivity contribution is 5.79. The lowest BCUT2D eigenvalue weighted by Crippen LogP contribution is -2.51. The van der Waals surface area contributed by atoms with Gasteiger partial charge < -0.3 is 11.1 Å². The minimum absolute atomic E-state index is 0.0317. The first-order valence-electron chi connectivity index (χ1n) is 7.76. The summed E-state index contributed by atoms with van der Waals surface area (Å²) in [6.45, 7) is 9.00. The molecule has 0 spiro atoms. The number of carbonyl (C=O) groups excluding carboxylic acids is 1. The van der Waals surface area contributed by atoms with Crippen LogP contribution in [0.15, 0.2) is 6.20 Å². The van der Waals surface area contributed by atoms with E-state index in [0.29, 0.717) is 12.5 Å². The van der Waals surface area contributed by atoms with Crippen molar-refractivity contribution in [2.24, 2.45) is 30.0 Å². The molecule has 1 aromatic heterocycles. The third-order valence-corrected chi connectivity index (χ3v) is 5.39. The highest BCUT2D eigenvalue weighted by Gasteiger charge is 2.44. The lowest BCUT2D eigenvalue weighted by atomic mass is 9.61. The Hall–Kier alpha value is -1.36. The summed E-state index contributed by atoms with van der Waals surface area (Å²) in [5.74, 6) is 0.522. The van der Waals surface area contributed by atoms with Gasteiger partial charge in [0, 0.05) is 37.3 Å². The minimum atomic E-state index is -0.0638. The summed E-state index contributed by atoms with van der Waals surface area (Å²) in [6, 6.07) is 0.199. The number of rotatable bonds is 3. The molecule has 0 aliphatic heterocycles. The lowest BCUT2D eigenvalue weighted by molar-refractivity contribution is -0.132. The van der Waals surface area contributed by atoms with E-state index in [2.05, 4.69) is 31.2 Å². The number of aromatic nitrogens is 2. The van der Waals surface area contributed by atoms with E-state index in [0.717, 1.165) is 24.1 Å². The van der Waals surface area contributed by atoms with Crippen LogP contribution in [0.25, 0.3) is 0 Å². The van der Waals surface area contributed by atoms with Crippen molar-refractivity contribution in [1.82, 2.24) is 15.1 Å². The standard InChI is InChI=1S/C16H28N4O/c1-10-14(17)7-6-13(16(10,3)4)15(21)18-8-12-9-20(5)19-11(12)2/h9-10,13-14H,6-8,17H2,1-5H3,(H,18,21). The average Bonchev–Trinajstić information content (AvgIpc) is 2.72. The predicted octanol–water partition coefficient (Wildman–Crippen LogP) is 1.74. The lowest BCUT2D eigenvalue weighted by Gasteiger charge is -2.46. The molecule has 0 saturated heterocycles. The highest BCUT2D eigenvalue weighted by atomic mass is 16.1. The summed E-state index contributed by atoms with van der Waals surface area (Å²) in [6.07, 6.45) is 3.76. The van der Waals surface area contributed by atoms with Crippen molar-refractivity contribution in [3.63, 3.8) is 0 Å². The van der Waals surface area contributed by atoms with E-state index in [1.54, 1.807) is 4.68 Å². The van der Waals surface area contributed by atoms with E-state index in [1.165, 1.54) is 0 Å². The van der Waals surface area contributed by atoms with Crippen LogP contribution in [-0.2, 0) is 18.4 Å². The first-order valence-corrected chi connectivity index (χ1v) is 7.76. The van der Waals surface area contributed by atoms with Crippen LogP contribution < -0.4 is 11.1 Å². The van der Waals surface area contributed by atoms with Crippen LogP contribution in [0, 0.1) is 24.2 Å². The van der Waals surface area contributed by atoms with E-state index < -0.39 is 0 Å². The average molecular weight is 292 g/mol. The zero-order chi connectivity index (χ0) is 15.8. The Morgan fingerprint density at radius 1 is 1.52 bits per heavy atom. The normalized spacial score (nSPS) is 28.4. The summed E-state index contributed by atoms with van der Waals surface area (Å²) >= 11 is 0.